The molecule has 0 amide bonds. The van der Waals surface area contributed by atoms with Crippen LogP contribution in [0.25, 0.3) is 61.5 Å². The van der Waals surface area contributed by atoms with Crippen molar-refractivity contribution >= 4 is 91.4 Å². The molecule has 9 heterocycles. The maximum absolute atomic E-state index is 13.7. The molecule has 1 aliphatic rings. The van der Waals surface area contributed by atoms with E-state index in [4.69, 9.17) is 53.3 Å². The van der Waals surface area contributed by atoms with Crippen molar-refractivity contribution < 1.29 is 35.2 Å². The van der Waals surface area contributed by atoms with Crippen molar-refractivity contribution in [3.05, 3.63) is 149 Å². The first-order valence-electron chi connectivity index (χ1n) is 24.1. The van der Waals surface area contributed by atoms with Crippen molar-refractivity contribution in [2.75, 3.05) is 12.5 Å². The van der Waals surface area contributed by atoms with E-state index < -0.39 is 39.9 Å². The van der Waals surface area contributed by atoms with Gasteiger partial charge in [0.2, 0.25) is 0 Å². The van der Waals surface area contributed by atoms with Crippen LogP contribution in [0.4, 0.5) is 0 Å². The number of pyridine rings is 2. The smallest absolute Gasteiger partial charge is 0.399 e. The average Bonchev–Trinajstić information content (AvgIpc) is 4.38. The highest BCUT2D eigenvalue weighted by molar-refractivity contribution is 7.98. The van der Waals surface area contributed by atoms with Gasteiger partial charge in [0.15, 0.2) is 16.0 Å². The highest BCUT2D eigenvalue weighted by Crippen LogP contribution is 2.39. The van der Waals surface area contributed by atoms with Gasteiger partial charge < -0.3 is 22.9 Å². The predicted molar refractivity (Wildman–Crippen MR) is 306 cm³/mol. The molecule has 1 saturated heterocycles. The zero-order chi connectivity index (χ0) is 56.3. The van der Waals surface area contributed by atoms with Gasteiger partial charge in [-0.2, -0.15) is 8.42 Å². The Hall–Kier alpha value is -6.86. The molecule has 1 aliphatic heterocycles. The summed E-state index contributed by atoms with van der Waals surface area (Å²) >= 11 is 8.00. The van der Waals surface area contributed by atoms with Gasteiger partial charge in [-0.3, -0.25) is 0 Å². The number of aromatic nitrogens is 10. The Bertz CT molecular complexity index is 3900. The van der Waals surface area contributed by atoms with E-state index in [1.807, 2.05) is 117 Å². The Kier molecular flexibility index (Phi) is 17.4. The molecular weight excluding hydrogens is 1090 g/mol. The van der Waals surface area contributed by atoms with E-state index >= 15 is 0 Å². The molecule has 0 atom stereocenters. The molecule has 24 heteroatoms. The maximum atomic E-state index is 13.7. The molecule has 0 aliphatic carbocycles. The van der Waals surface area contributed by atoms with Crippen LogP contribution in [0.3, 0.4) is 0 Å². The molecular formula is C54H54BClN10O8S4. The number of nitrogens with zero attached hydrogens (tertiary/aromatic N) is 10. The fourth-order valence-corrected chi connectivity index (χ4v) is 10.7. The summed E-state index contributed by atoms with van der Waals surface area (Å²) in [6, 6.07) is 26.3. The molecule has 0 unspecified atom stereocenters. The molecule has 78 heavy (non-hydrogen) atoms. The summed E-state index contributed by atoms with van der Waals surface area (Å²) in [7, 11) is -4.68. The normalized spacial score (nSPS) is 13.6. The number of aryl methyl sites for hydroxylation is 6. The minimum Gasteiger partial charge on any atom is -0.399 e. The van der Waals surface area contributed by atoms with Gasteiger partial charge in [-0.1, -0.05) is 81.8 Å². The number of hydrogen-bond donors (Lipinski definition) is 0. The minimum absolute atomic E-state index is 0.164. The number of thioether (sulfide) groups is 2. The first-order chi connectivity index (χ1) is 37.1. The first-order valence-corrected chi connectivity index (χ1v) is 29.0. The van der Waals surface area contributed by atoms with Crippen LogP contribution in [0.2, 0.25) is 5.15 Å². The predicted octanol–water partition coefficient (Wildman–Crippen LogP) is 11.1. The highest BCUT2D eigenvalue weighted by atomic mass is 35.5. The molecule has 10 aromatic rings. The minimum atomic E-state index is -3.93. The lowest BCUT2D eigenvalue weighted by Crippen LogP contribution is -2.41. The molecule has 1 fully saturated rings. The van der Waals surface area contributed by atoms with Gasteiger partial charge in [0.1, 0.15) is 22.3 Å². The van der Waals surface area contributed by atoms with E-state index in [1.165, 1.54) is 27.5 Å². The summed E-state index contributed by atoms with van der Waals surface area (Å²) in [6.07, 6.45) is 11.2. The standard InChI is InChI=1S/C24H26BN3O5S.C24H21N5OS.C6H7ClN2S.O2S/c1-15-21(16(2)31-27-15)20-13-12-18-19(25-32-23(3,4)24(5,6)33-25)14-28(22(18)26-20)34(29,30)17-10-8-7-9-11-17;1-14-12-25-24(31-4)27-22(14)19-13-29(17-8-6-5-7-9-17)23-18(19)10-11-20(26-23)21-15(2)28-30-16(21)3;1-4-3-8-6(10-2)9-5(4)7;1-3-2/h7-14H,1-6H3;5-13H,1-4H3;3H,1-2H3;. The second-order valence-electron chi connectivity index (χ2n) is 18.9. The molecule has 18 nitrogen and oxygen atoms in total. The Morgan fingerprint density at radius 2 is 1.12 bits per heavy atom. The van der Waals surface area contributed by atoms with Crippen molar-refractivity contribution in [3.63, 3.8) is 0 Å². The highest BCUT2D eigenvalue weighted by Gasteiger charge is 2.52. The van der Waals surface area contributed by atoms with Gasteiger partial charge >= 0.3 is 18.7 Å². The number of fused-ring (bicyclic) bond motifs is 2. The monoisotopic (exact) mass is 1140 g/mol. The zero-order valence-electron chi connectivity index (χ0n) is 44.7. The molecule has 0 spiro atoms. The summed E-state index contributed by atoms with van der Waals surface area (Å²) in [5.74, 6) is 1.37. The molecule has 0 saturated carbocycles. The van der Waals surface area contributed by atoms with E-state index in [9.17, 15) is 8.42 Å². The first kappa shape index (κ1) is 57.3. The molecule has 0 bridgehead atoms. The lowest BCUT2D eigenvalue weighted by molar-refractivity contribution is 0.00578. The van der Waals surface area contributed by atoms with Gasteiger partial charge in [-0.05, 0) is 136 Å². The van der Waals surface area contributed by atoms with Gasteiger partial charge in [0.05, 0.1) is 55.7 Å². The molecule has 402 valence electrons. The van der Waals surface area contributed by atoms with E-state index in [1.54, 1.807) is 49.6 Å². The second kappa shape index (κ2) is 23.6. The molecule has 11 rings (SSSR count). The third kappa shape index (κ3) is 11.6. The average molecular weight is 1150 g/mol. The van der Waals surface area contributed by atoms with Crippen molar-refractivity contribution in [3.8, 4) is 39.5 Å². The van der Waals surface area contributed by atoms with E-state index in [2.05, 4.69) is 54.2 Å². The summed E-state index contributed by atoms with van der Waals surface area (Å²) < 4.78 is 70.4. The second-order valence-corrected chi connectivity index (χ2v) is 22.7. The summed E-state index contributed by atoms with van der Waals surface area (Å²) in [5.41, 5.74) is 10.1. The Balaban J connectivity index is 0.000000168. The third-order valence-electron chi connectivity index (χ3n) is 13.2. The quantitative estimate of drug-likeness (QED) is 0.0566. The van der Waals surface area contributed by atoms with Crippen LogP contribution in [0.15, 0.2) is 134 Å². The lowest BCUT2D eigenvalue weighted by atomic mass is 9.79. The van der Waals surface area contributed by atoms with Gasteiger partial charge in [-0.15, -0.1) is 0 Å². The maximum Gasteiger partial charge on any atom is 0.497 e. The number of rotatable bonds is 9. The Morgan fingerprint density at radius 1 is 0.615 bits per heavy atom. The number of hydrogen-bond acceptors (Lipinski definition) is 18. The molecule has 0 radical (unpaired) electrons. The van der Waals surface area contributed by atoms with Gasteiger partial charge in [-0.25, -0.2) is 42.3 Å². The number of para-hydroxylation sites is 1. The lowest BCUT2D eigenvalue weighted by Gasteiger charge is -2.32. The van der Waals surface area contributed by atoms with Gasteiger partial charge in [0, 0.05) is 57.8 Å². The largest absolute Gasteiger partial charge is 0.497 e. The van der Waals surface area contributed by atoms with Crippen LogP contribution in [-0.4, -0.2) is 96.4 Å². The van der Waals surface area contributed by atoms with Crippen LogP contribution >= 0.6 is 35.1 Å². The van der Waals surface area contributed by atoms with Crippen molar-refractivity contribution in [1.82, 2.24) is 48.8 Å². The van der Waals surface area contributed by atoms with Crippen LogP contribution < -0.4 is 5.46 Å². The molecule has 0 N–H and O–H groups in total. The van der Waals surface area contributed by atoms with Crippen LogP contribution in [0.5, 0.6) is 0 Å². The fraction of sp³-hybridized carbons (Fsp3) is 0.259. The zero-order valence-corrected chi connectivity index (χ0v) is 48.7. The van der Waals surface area contributed by atoms with E-state index in [-0.39, 0.29) is 10.5 Å². The van der Waals surface area contributed by atoms with Crippen LogP contribution in [0.1, 0.15) is 61.7 Å². The fourth-order valence-electron chi connectivity index (χ4n) is 8.50. The van der Waals surface area contributed by atoms with Crippen molar-refractivity contribution in [1.29, 1.82) is 0 Å². The van der Waals surface area contributed by atoms with Crippen molar-refractivity contribution in [2.24, 2.45) is 0 Å². The molecule has 2 aromatic carbocycles. The summed E-state index contributed by atoms with van der Waals surface area (Å²) in [5, 5.41) is 11.8. The third-order valence-corrected chi connectivity index (χ3v) is 16.4. The van der Waals surface area contributed by atoms with Crippen molar-refractivity contribution in [2.45, 2.75) is 95.6 Å². The number of benzene rings is 2. The Morgan fingerprint density at radius 3 is 1.63 bits per heavy atom. The summed E-state index contributed by atoms with van der Waals surface area (Å²) in [6.45, 7) is 19.2. The van der Waals surface area contributed by atoms with E-state index in [0.29, 0.717) is 33.2 Å². The van der Waals surface area contributed by atoms with Crippen LogP contribution in [-0.2, 0) is 30.9 Å². The Labute approximate surface area is 469 Å². The number of halogens is 1. The van der Waals surface area contributed by atoms with Crippen LogP contribution in [0, 0.1) is 41.5 Å². The summed E-state index contributed by atoms with van der Waals surface area (Å²) in [4.78, 5) is 27.2. The molecule has 8 aromatic heterocycles. The van der Waals surface area contributed by atoms with E-state index in [0.717, 1.165) is 77.7 Å². The topological polar surface area (TPSA) is 226 Å². The SMILES string of the molecule is CSc1ncc(C)c(-c2cn(-c3ccccc3)c3nc(-c4c(C)noc4C)ccc23)n1.CSc1ncc(C)c(Cl)n1.Cc1noc(C)c1-c1ccc2c(B3OC(C)(C)C(C)(C)O3)cn(S(=O)(=O)c3ccccc3)c2n1.O=S=O. The van der Waals surface area contributed by atoms with Gasteiger partial charge in [0.25, 0.3) is 10.0 Å².